The van der Waals surface area contributed by atoms with Crippen molar-refractivity contribution < 1.29 is 13.0 Å². The molecule has 1 aliphatic rings. The van der Waals surface area contributed by atoms with Crippen LogP contribution in [0, 0.1) is 0 Å². The van der Waals surface area contributed by atoms with E-state index in [4.69, 9.17) is 14.0 Å². The van der Waals surface area contributed by atoms with Gasteiger partial charge in [-0.25, -0.2) is 4.68 Å². The number of hydrogen-bond donors (Lipinski definition) is 2. The monoisotopic (exact) mass is 326 g/mol. The Hall–Kier alpha value is -2.66. The maximum Gasteiger partial charge on any atom is 0.250 e. The second-order valence-electron chi connectivity index (χ2n) is 5.63. The first-order chi connectivity index (χ1) is 14.2. The Bertz CT molecular complexity index is 1150. The van der Waals surface area contributed by atoms with Gasteiger partial charge in [-0.3, -0.25) is 4.79 Å². The highest BCUT2D eigenvalue weighted by Crippen LogP contribution is 2.25. The first-order valence-corrected chi connectivity index (χ1v) is 7.72. The standard InChI is InChI=1S/C19H20N4O/c20-19(24)17-5-1-3-15-12-23(22-18(15)17)16-8-6-13(7-9-16)14-4-2-10-21-11-14/h1,3,5-9,12,14,21H,2,4,10-11H2,(H2,20,24)/i6D,7D,8D,9D,11D,14D. The number of rotatable bonds is 3. The van der Waals surface area contributed by atoms with Gasteiger partial charge in [0.15, 0.2) is 0 Å². The SMILES string of the molecule is [2H]c1c([2H])c(C2([2H])CCCNC2[2H])c([2H])c([2H])c1-n1cc2cccc(C(N)=O)c2n1. The number of benzene rings is 2. The molecule has 1 amide bonds. The number of aromatic nitrogens is 2. The third-order valence-electron chi connectivity index (χ3n) is 4.01. The number of piperidine rings is 1. The smallest absolute Gasteiger partial charge is 0.250 e. The van der Waals surface area contributed by atoms with E-state index in [0.29, 0.717) is 23.9 Å². The normalized spacial score (nSPS) is 27.6. The van der Waals surface area contributed by atoms with Crippen LogP contribution in [0.15, 0.2) is 48.6 Å². The predicted octanol–water partition coefficient (Wildman–Crippen LogP) is 2.59. The van der Waals surface area contributed by atoms with Crippen molar-refractivity contribution in [2.75, 3.05) is 13.1 Å². The van der Waals surface area contributed by atoms with E-state index in [2.05, 4.69) is 10.4 Å². The summed E-state index contributed by atoms with van der Waals surface area (Å²) in [7, 11) is 0. The Balaban J connectivity index is 1.95. The lowest BCUT2D eigenvalue weighted by Gasteiger charge is -2.23. The van der Waals surface area contributed by atoms with Crippen LogP contribution in [0.3, 0.4) is 0 Å². The van der Waals surface area contributed by atoms with Gasteiger partial charge < -0.3 is 11.1 Å². The molecule has 5 heteroatoms. The zero-order chi connectivity index (χ0) is 21.8. The number of amides is 1. The molecule has 3 aromatic rings. The molecule has 2 atom stereocenters. The van der Waals surface area contributed by atoms with E-state index < -0.39 is 18.3 Å². The molecule has 3 N–H and O–H groups in total. The van der Waals surface area contributed by atoms with Crippen molar-refractivity contribution in [2.45, 2.75) is 18.7 Å². The molecule has 4 rings (SSSR count). The summed E-state index contributed by atoms with van der Waals surface area (Å²) in [5.74, 6) is -2.26. The number of fused-ring (bicyclic) bond motifs is 1. The molecule has 0 radical (unpaired) electrons. The fourth-order valence-electron chi connectivity index (χ4n) is 2.79. The van der Waals surface area contributed by atoms with Gasteiger partial charge in [0.1, 0.15) is 5.52 Å². The number of nitrogens with two attached hydrogens (primary N) is 1. The summed E-state index contributed by atoms with van der Waals surface area (Å²) >= 11 is 0. The molecule has 122 valence electrons. The Kier molecular flexibility index (Phi) is 2.43. The van der Waals surface area contributed by atoms with E-state index in [-0.39, 0.29) is 47.4 Å². The third kappa shape index (κ3) is 2.67. The van der Waals surface area contributed by atoms with Crippen LogP contribution in [0.5, 0.6) is 0 Å². The summed E-state index contributed by atoms with van der Waals surface area (Å²) in [4.78, 5) is 11.7. The zero-order valence-electron chi connectivity index (χ0n) is 18.9. The van der Waals surface area contributed by atoms with E-state index in [0.717, 1.165) is 0 Å². The van der Waals surface area contributed by atoms with Crippen LogP contribution in [0.25, 0.3) is 16.6 Å². The van der Waals surface area contributed by atoms with Crippen LogP contribution in [0.4, 0.5) is 0 Å². The highest BCUT2D eigenvalue weighted by Gasteiger charge is 2.15. The molecular formula is C19H20N4O. The van der Waals surface area contributed by atoms with E-state index in [1.165, 1.54) is 16.9 Å². The van der Waals surface area contributed by atoms with Crippen molar-refractivity contribution in [2.24, 2.45) is 5.73 Å². The Morgan fingerprint density at radius 3 is 3.00 bits per heavy atom. The van der Waals surface area contributed by atoms with Crippen molar-refractivity contribution in [3.05, 3.63) is 59.7 Å². The van der Waals surface area contributed by atoms with Crippen LogP contribution < -0.4 is 11.1 Å². The lowest BCUT2D eigenvalue weighted by Crippen LogP contribution is -2.28. The fourth-order valence-corrected chi connectivity index (χ4v) is 2.79. The summed E-state index contributed by atoms with van der Waals surface area (Å²) in [6.45, 7) is -0.494. The van der Waals surface area contributed by atoms with Crippen LogP contribution in [0.2, 0.25) is 0 Å². The first-order valence-electron chi connectivity index (χ1n) is 10.8. The minimum Gasteiger partial charge on any atom is -0.366 e. The number of nitrogens with one attached hydrogen (secondary N) is 1. The summed E-state index contributed by atoms with van der Waals surface area (Å²) in [5, 5.41) is 7.73. The van der Waals surface area contributed by atoms with Gasteiger partial charge in [0.05, 0.1) is 16.7 Å². The van der Waals surface area contributed by atoms with Crippen molar-refractivity contribution >= 4 is 16.8 Å². The number of hydrogen-bond acceptors (Lipinski definition) is 3. The zero-order valence-corrected chi connectivity index (χ0v) is 12.9. The van der Waals surface area contributed by atoms with Gasteiger partial charge in [-0.2, -0.15) is 5.10 Å². The molecule has 0 bridgehead atoms. The molecule has 2 unspecified atom stereocenters. The minimum atomic E-state index is -1.59. The average molecular weight is 326 g/mol. The quantitative estimate of drug-likeness (QED) is 0.777. The molecule has 2 aromatic carbocycles. The van der Waals surface area contributed by atoms with E-state index in [1.807, 2.05) is 0 Å². The number of nitrogens with zero attached hydrogens (tertiary/aromatic N) is 2. The van der Waals surface area contributed by atoms with Crippen LogP contribution >= 0.6 is 0 Å². The molecule has 24 heavy (non-hydrogen) atoms. The number of primary amides is 1. The minimum absolute atomic E-state index is 0.0886. The van der Waals surface area contributed by atoms with Crippen LogP contribution in [-0.2, 0) is 0 Å². The molecular weight excluding hydrogens is 300 g/mol. The van der Waals surface area contributed by atoms with Gasteiger partial charge >= 0.3 is 0 Å². The average Bonchev–Trinajstić information content (AvgIpc) is 3.12. The van der Waals surface area contributed by atoms with E-state index in [1.54, 1.807) is 12.1 Å². The first kappa shape index (κ1) is 9.59. The Morgan fingerprint density at radius 2 is 2.25 bits per heavy atom. The van der Waals surface area contributed by atoms with Crippen LogP contribution in [0.1, 0.15) is 42.9 Å². The van der Waals surface area contributed by atoms with Crippen molar-refractivity contribution in [3.8, 4) is 5.69 Å². The highest BCUT2D eigenvalue weighted by atomic mass is 16.1. The van der Waals surface area contributed by atoms with Crippen LogP contribution in [-0.4, -0.2) is 28.8 Å². The maximum absolute atomic E-state index is 11.7. The fraction of sp³-hybridized carbons (Fsp3) is 0.263. The lowest BCUT2D eigenvalue weighted by atomic mass is 9.92. The summed E-state index contributed by atoms with van der Waals surface area (Å²) in [6.07, 6.45) is 2.37. The summed E-state index contributed by atoms with van der Waals surface area (Å²) in [6, 6.07) is 3.42. The molecule has 0 saturated carbocycles. The lowest BCUT2D eigenvalue weighted by molar-refractivity contribution is 0.100. The van der Waals surface area contributed by atoms with Crippen molar-refractivity contribution in [1.29, 1.82) is 0 Å². The second kappa shape index (κ2) is 6.09. The van der Waals surface area contributed by atoms with E-state index >= 15 is 0 Å². The van der Waals surface area contributed by atoms with Crippen molar-refractivity contribution in [3.63, 3.8) is 0 Å². The molecule has 0 aliphatic carbocycles. The second-order valence-corrected chi connectivity index (χ2v) is 5.63. The third-order valence-corrected chi connectivity index (χ3v) is 4.01. The van der Waals surface area contributed by atoms with Gasteiger partial charge in [0, 0.05) is 20.8 Å². The van der Waals surface area contributed by atoms with Gasteiger partial charge in [-0.05, 0) is 49.0 Å². The molecule has 2 heterocycles. The highest BCUT2D eigenvalue weighted by molar-refractivity contribution is 6.04. The molecule has 1 saturated heterocycles. The molecule has 1 aliphatic heterocycles. The van der Waals surface area contributed by atoms with Gasteiger partial charge in [-0.15, -0.1) is 0 Å². The van der Waals surface area contributed by atoms with Crippen molar-refractivity contribution in [1.82, 2.24) is 15.1 Å². The van der Waals surface area contributed by atoms with E-state index in [9.17, 15) is 4.79 Å². The Labute approximate surface area is 148 Å². The van der Waals surface area contributed by atoms with Gasteiger partial charge in [0.25, 0.3) is 5.91 Å². The van der Waals surface area contributed by atoms with Gasteiger partial charge in [-0.1, -0.05) is 24.2 Å². The predicted molar refractivity (Wildman–Crippen MR) is 94.4 cm³/mol. The number of carbonyl (C=O) groups is 1. The summed E-state index contributed by atoms with van der Waals surface area (Å²) < 4.78 is 52.1. The topological polar surface area (TPSA) is 72.9 Å². The largest absolute Gasteiger partial charge is 0.366 e. The molecule has 1 aromatic heterocycles. The molecule has 0 spiro atoms. The maximum atomic E-state index is 11.7. The molecule has 1 fully saturated rings. The van der Waals surface area contributed by atoms with Gasteiger partial charge in [0.2, 0.25) is 0 Å². The number of carbonyl (C=O) groups excluding carboxylic acids is 1. The summed E-state index contributed by atoms with van der Waals surface area (Å²) in [5.41, 5.74) is 5.70. The Morgan fingerprint density at radius 1 is 1.42 bits per heavy atom. The molecule has 5 nitrogen and oxygen atoms in total.